The van der Waals surface area contributed by atoms with Crippen LogP contribution in [0, 0.1) is 11.2 Å². The van der Waals surface area contributed by atoms with E-state index in [0.717, 1.165) is 12.8 Å². The first-order valence-corrected chi connectivity index (χ1v) is 14.6. The van der Waals surface area contributed by atoms with Gasteiger partial charge in [-0.15, -0.1) is 0 Å². The van der Waals surface area contributed by atoms with Crippen molar-refractivity contribution in [3.63, 3.8) is 0 Å². The zero-order valence-corrected chi connectivity index (χ0v) is 26.0. The molecule has 1 aliphatic rings. The largest absolute Gasteiger partial charge is 0.491 e. The Balaban J connectivity index is 0.00000144. The predicted molar refractivity (Wildman–Crippen MR) is 170 cm³/mol. The molecule has 3 rings (SSSR count). The molecule has 2 aromatic carbocycles. The summed E-state index contributed by atoms with van der Waals surface area (Å²) in [5.41, 5.74) is 2.19. The van der Waals surface area contributed by atoms with Gasteiger partial charge in [-0.3, -0.25) is 14.6 Å². The number of methoxy groups -OCH3 is 1. The van der Waals surface area contributed by atoms with E-state index in [1.807, 2.05) is 0 Å². The first-order valence-electron chi connectivity index (χ1n) is 14.6. The van der Waals surface area contributed by atoms with Crippen LogP contribution in [0.2, 0.25) is 0 Å². The lowest BCUT2D eigenvalue weighted by atomic mass is 9.84. The van der Waals surface area contributed by atoms with Crippen molar-refractivity contribution in [1.29, 1.82) is 0 Å². The van der Waals surface area contributed by atoms with E-state index in [1.54, 1.807) is 55.5 Å². The summed E-state index contributed by atoms with van der Waals surface area (Å²) in [6.07, 6.45) is 6.03. The standard InChI is InChI=1S/C29H37FN4O4.C4H10/c1-6-31-25-17-23(38-15-14-37-5)16-24(30)28(25)20(2)32-21-8-10-22(11-9-21)33-26(35)18-27(36)34-13-7-12-29(3,4)19-34;1-3-4-2/h6,8-11,16-17,32H,2,7,12-15,18-19H2,1,3-5H3,(H,33,35);3-4H2,1-2H3. The smallest absolute Gasteiger partial charge is 0.233 e. The van der Waals surface area contributed by atoms with Gasteiger partial charge in [0.05, 0.1) is 17.9 Å². The summed E-state index contributed by atoms with van der Waals surface area (Å²) in [5.74, 6) is -0.698. The van der Waals surface area contributed by atoms with Crippen molar-refractivity contribution in [2.24, 2.45) is 10.4 Å². The van der Waals surface area contributed by atoms with Crippen molar-refractivity contribution in [2.45, 2.75) is 66.7 Å². The topological polar surface area (TPSA) is 92.3 Å². The molecule has 0 radical (unpaired) electrons. The number of unbranched alkanes of at least 4 members (excludes halogenated alkanes) is 1. The number of piperidine rings is 1. The van der Waals surface area contributed by atoms with Crippen LogP contribution in [-0.2, 0) is 14.3 Å². The molecule has 0 saturated carbocycles. The first-order chi connectivity index (χ1) is 20.0. The molecule has 2 amide bonds. The van der Waals surface area contributed by atoms with Crippen LogP contribution in [0.1, 0.15) is 72.3 Å². The molecule has 0 atom stereocenters. The predicted octanol–water partition coefficient (Wildman–Crippen LogP) is 7.44. The number of carbonyl (C=O) groups is 2. The number of aliphatic imine (C=N–C) groups is 1. The Morgan fingerprint density at radius 2 is 1.74 bits per heavy atom. The highest BCUT2D eigenvalue weighted by Crippen LogP contribution is 2.34. The quantitative estimate of drug-likeness (QED) is 0.154. The number of amides is 2. The fourth-order valence-corrected chi connectivity index (χ4v) is 4.40. The number of carbonyl (C=O) groups excluding carboxylic acids is 2. The highest BCUT2D eigenvalue weighted by Gasteiger charge is 2.29. The Labute approximate surface area is 250 Å². The highest BCUT2D eigenvalue weighted by molar-refractivity contribution is 6.03. The third-order valence-electron chi connectivity index (χ3n) is 6.70. The maximum atomic E-state index is 15.0. The Hall–Kier alpha value is -3.72. The molecule has 1 saturated heterocycles. The maximum Gasteiger partial charge on any atom is 0.233 e. The van der Waals surface area contributed by atoms with E-state index < -0.39 is 5.82 Å². The Kier molecular flexibility index (Phi) is 14.2. The van der Waals surface area contributed by atoms with E-state index in [9.17, 15) is 9.59 Å². The van der Waals surface area contributed by atoms with Crippen molar-refractivity contribution < 1.29 is 23.5 Å². The Bertz CT molecular complexity index is 1210. The van der Waals surface area contributed by atoms with Gasteiger partial charge in [-0.25, -0.2) is 4.39 Å². The van der Waals surface area contributed by atoms with Crippen molar-refractivity contribution in [3.8, 4) is 5.75 Å². The fraction of sp³-hybridized carbons (Fsp3) is 0.485. The number of nitrogens with zero attached hydrogens (tertiary/aromatic N) is 2. The molecule has 8 nitrogen and oxygen atoms in total. The van der Waals surface area contributed by atoms with Crippen LogP contribution in [0.4, 0.5) is 21.5 Å². The summed E-state index contributed by atoms with van der Waals surface area (Å²) in [6.45, 7) is 16.4. The van der Waals surface area contributed by atoms with Crippen LogP contribution >= 0.6 is 0 Å². The molecule has 0 unspecified atom stereocenters. The van der Waals surface area contributed by atoms with Gasteiger partial charge in [-0.2, -0.15) is 0 Å². The van der Waals surface area contributed by atoms with Crippen LogP contribution in [-0.4, -0.2) is 56.3 Å². The lowest BCUT2D eigenvalue weighted by Crippen LogP contribution is -2.44. The van der Waals surface area contributed by atoms with Gasteiger partial charge in [0, 0.05) is 55.6 Å². The van der Waals surface area contributed by atoms with E-state index in [4.69, 9.17) is 9.47 Å². The van der Waals surface area contributed by atoms with E-state index in [1.165, 1.54) is 18.9 Å². The van der Waals surface area contributed by atoms with Crippen molar-refractivity contribution >= 4 is 40.8 Å². The number of ether oxygens (including phenoxy) is 2. The number of benzene rings is 2. The number of anilines is 2. The van der Waals surface area contributed by atoms with E-state index in [-0.39, 0.29) is 35.8 Å². The third kappa shape index (κ3) is 11.3. The molecule has 0 bridgehead atoms. The van der Waals surface area contributed by atoms with Crippen LogP contribution in [0.3, 0.4) is 0 Å². The molecule has 230 valence electrons. The zero-order chi connectivity index (χ0) is 31.1. The zero-order valence-electron chi connectivity index (χ0n) is 26.0. The van der Waals surface area contributed by atoms with Gasteiger partial charge in [-0.05, 0) is 49.4 Å². The van der Waals surface area contributed by atoms with Crippen molar-refractivity contribution in [3.05, 3.63) is 54.4 Å². The van der Waals surface area contributed by atoms with Gasteiger partial charge in [0.15, 0.2) is 0 Å². The lowest BCUT2D eigenvalue weighted by Gasteiger charge is -2.38. The number of hydrogen-bond donors (Lipinski definition) is 2. The summed E-state index contributed by atoms with van der Waals surface area (Å²) in [4.78, 5) is 31.1. The number of rotatable bonds is 12. The van der Waals surface area contributed by atoms with Gasteiger partial charge in [0.1, 0.15) is 24.6 Å². The number of hydrogen-bond acceptors (Lipinski definition) is 6. The molecule has 1 heterocycles. The minimum Gasteiger partial charge on any atom is -0.491 e. The van der Waals surface area contributed by atoms with Gasteiger partial charge in [0.2, 0.25) is 11.8 Å². The summed E-state index contributed by atoms with van der Waals surface area (Å²) in [6, 6.07) is 9.81. The number of nitrogens with one attached hydrogen (secondary N) is 2. The molecular weight excluding hydrogens is 535 g/mol. The molecule has 9 heteroatoms. The molecule has 2 N–H and O–H groups in total. The normalized spacial score (nSPS) is 14.1. The molecule has 0 aromatic heterocycles. The third-order valence-corrected chi connectivity index (χ3v) is 6.70. The monoisotopic (exact) mass is 582 g/mol. The van der Waals surface area contributed by atoms with Crippen LogP contribution in [0.5, 0.6) is 5.75 Å². The second-order valence-electron chi connectivity index (χ2n) is 11.0. The lowest BCUT2D eigenvalue weighted by molar-refractivity contribution is -0.137. The Morgan fingerprint density at radius 3 is 2.31 bits per heavy atom. The minimum atomic E-state index is -0.524. The fourth-order valence-electron chi connectivity index (χ4n) is 4.40. The number of halogens is 1. The molecule has 0 spiro atoms. The maximum absolute atomic E-state index is 15.0. The Morgan fingerprint density at radius 1 is 1.10 bits per heavy atom. The summed E-state index contributed by atoms with van der Waals surface area (Å²) >= 11 is 0. The summed E-state index contributed by atoms with van der Waals surface area (Å²) < 4.78 is 25.5. The van der Waals surface area contributed by atoms with Crippen LogP contribution in [0.15, 0.2) is 48.0 Å². The first kappa shape index (κ1) is 34.5. The molecule has 42 heavy (non-hydrogen) atoms. The second kappa shape index (κ2) is 17.3. The molecule has 2 aromatic rings. The van der Waals surface area contributed by atoms with Crippen LogP contribution in [0.25, 0.3) is 5.70 Å². The van der Waals surface area contributed by atoms with Gasteiger partial charge >= 0.3 is 0 Å². The molecule has 0 aliphatic carbocycles. The molecular formula is C33H47FN4O4. The molecule has 1 fully saturated rings. The average Bonchev–Trinajstić information content (AvgIpc) is 2.93. The van der Waals surface area contributed by atoms with Gasteiger partial charge in [0.25, 0.3) is 0 Å². The second-order valence-corrected chi connectivity index (χ2v) is 11.0. The van der Waals surface area contributed by atoms with Crippen molar-refractivity contribution in [2.75, 3.05) is 44.0 Å². The highest BCUT2D eigenvalue weighted by atomic mass is 19.1. The SMILES string of the molecule is C=C(Nc1ccc(NC(=O)CC(=O)N2CCCC(C)(C)C2)cc1)c1c(F)cc(OCCOC)cc1N=CC.CCCC. The average molecular weight is 583 g/mol. The van der Waals surface area contributed by atoms with Crippen LogP contribution < -0.4 is 15.4 Å². The van der Waals surface area contributed by atoms with E-state index in [2.05, 4.69) is 49.9 Å². The summed E-state index contributed by atoms with van der Waals surface area (Å²) in [7, 11) is 1.56. The van der Waals surface area contributed by atoms with E-state index >= 15 is 4.39 Å². The minimum absolute atomic E-state index is 0.0731. The summed E-state index contributed by atoms with van der Waals surface area (Å²) in [5, 5.41) is 5.86. The van der Waals surface area contributed by atoms with E-state index in [0.29, 0.717) is 48.2 Å². The van der Waals surface area contributed by atoms with Gasteiger partial charge < -0.3 is 25.0 Å². The van der Waals surface area contributed by atoms with Gasteiger partial charge in [-0.1, -0.05) is 47.1 Å². The molecule has 1 aliphatic heterocycles. The number of likely N-dealkylation sites (tertiary alicyclic amines) is 1. The van der Waals surface area contributed by atoms with Crippen molar-refractivity contribution in [1.82, 2.24) is 4.90 Å².